The van der Waals surface area contributed by atoms with Crippen LogP contribution in [0.3, 0.4) is 0 Å². The Morgan fingerprint density at radius 2 is 1.79 bits per heavy atom. The van der Waals surface area contributed by atoms with E-state index < -0.39 is 0 Å². The predicted molar refractivity (Wildman–Crippen MR) is 115 cm³/mol. The fourth-order valence-corrected chi connectivity index (χ4v) is 4.11. The smallest absolute Gasteiger partial charge is 0.193 e. The zero-order chi connectivity index (χ0) is 19.2. The Morgan fingerprint density at radius 1 is 1.00 bits per heavy atom. The largest absolute Gasteiger partial charge is 0.379 e. The van der Waals surface area contributed by atoms with Gasteiger partial charge < -0.3 is 15.8 Å². The molecule has 0 spiro atoms. The van der Waals surface area contributed by atoms with Crippen LogP contribution in [0.25, 0.3) is 0 Å². The number of hydrogen-bond acceptors (Lipinski definition) is 3. The monoisotopic (exact) mass is 378 g/mol. The van der Waals surface area contributed by atoms with E-state index in [2.05, 4.69) is 57.7 Å². The Balaban J connectivity index is 1.43. The third kappa shape index (κ3) is 4.72. The van der Waals surface area contributed by atoms with Gasteiger partial charge in [-0.15, -0.1) is 0 Å². The highest BCUT2D eigenvalue weighted by Crippen LogP contribution is 2.27. The predicted octanol–water partition coefficient (Wildman–Crippen LogP) is 3.32. The molecule has 1 aliphatic heterocycles. The van der Waals surface area contributed by atoms with E-state index in [9.17, 15) is 0 Å². The van der Waals surface area contributed by atoms with E-state index in [-0.39, 0.29) is 0 Å². The topological polar surface area (TPSA) is 62.9 Å². The lowest BCUT2D eigenvalue weighted by Gasteiger charge is -2.27. The van der Waals surface area contributed by atoms with Crippen LogP contribution in [0.4, 0.5) is 5.69 Å². The van der Waals surface area contributed by atoms with Gasteiger partial charge in [-0.1, -0.05) is 36.4 Å². The quantitative estimate of drug-likeness (QED) is 0.619. The number of morpholine rings is 1. The summed E-state index contributed by atoms with van der Waals surface area (Å²) in [7, 11) is 0. The molecule has 0 saturated carbocycles. The number of aryl methyl sites for hydroxylation is 1. The molecule has 0 aromatic heterocycles. The van der Waals surface area contributed by atoms with E-state index in [1.807, 2.05) is 0 Å². The summed E-state index contributed by atoms with van der Waals surface area (Å²) in [4.78, 5) is 7.07. The molecule has 3 N–H and O–H groups in total. The number of fused-ring (bicyclic) bond motifs is 1. The molecule has 1 fully saturated rings. The Morgan fingerprint density at radius 3 is 2.64 bits per heavy atom. The number of rotatable bonds is 5. The number of aliphatic imine (C=N–C) groups is 1. The zero-order valence-corrected chi connectivity index (χ0v) is 16.5. The molecule has 0 radical (unpaired) electrons. The molecular formula is C23H30N4O. The lowest BCUT2D eigenvalue weighted by molar-refractivity contribution is 0.0341. The SMILES string of the molecule is NC(=NCc1ccccc1CN1CCOCC1)Nc1cccc2c1CCCC2. The number of nitrogens with one attached hydrogen (secondary N) is 1. The minimum absolute atomic E-state index is 0.486. The Hall–Kier alpha value is -2.37. The van der Waals surface area contributed by atoms with Crippen LogP contribution in [0.5, 0.6) is 0 Å². The van der Waals surface area contributed by atoms with E-state index in [1.165, 1.54) is 35.1 Å². The molecule has 0 atom stereocenters. The fraction of sp³-hybridized carbons (Fsp3) is 0.435. The van der Waals surface area contributed by atoms with Gasteiger partial charge in [-0.2, -0.15) is 0 Å². The van der Waals surface area contributed by atoms with Crippen molar-refractivity contribution in [3.63, 3.8) is 0 Å². The van der Waals surface area contributed by atoms with Gasteiger partial charge in [-0.3, -0.25) is 4.90 Å². The van der Waals surface area contributed by atoms with Crippen molar-refractivity contribution in [3.8, 4) is 0 Å². The number of ether oxygens (including phenoxy) is 1. The normalized spacial score (nSPS) is 17.9. The minimum atomic E-state index is 0.486. The molecule has 2 aromatic carbocycles. The summed E-state index contributed by atoms with van der Waals surface area (Å²) in [6.07, 6.45) is 4.81. The Kier molecular flexibility index (Phi) is 6.24. The highest BCUT2D eigenvalue weighted by atomic mass is 16.5. The summed E-state index contributed by atoms with van der Waals surface area (Å²) >= 11 is 0. The number of nitrogens with zero attached hydrogens (tertiary/aromatic N) is 2. The van der Waals surface area contributed by atoms with Crippen LogP contribution < -0.4 is 11.1 Å². The number of hydrogen-bond donors (Lipinski definition) is 2. The van der Waals surface area contributed by atoms with Gasteiger partial charge in [-0.05, 0) is 54.0 Å². The van der Waals surface area contributed by atoms with Gasteiger partial charge in [0, 0.05) is 25.3 Å². The van der Waals surface area contributed by atoms with Crippen LogP contribution in [0.1, 0.15) is 35.1 Å². The van der Waals surface area contributed by atoms with Crippen molar-refractivity contribution in [3.05, 3.63) is 64.7 Å². The van der Waals surface area contributed by atoms with Crippen molar-refractivity contribution in [2.24, 2.45) is 10.7 Å². The van der Waals surface area contributed by atoms with Gasteiger partial charge >= 0.3 is 0 Å². The van der Waals surface area contributed by atoms with Gasteiger partial charge in [-0.25, -0.2) is 4.99 Å². The molecule has 2 aliphatic rings. The van der Waals surface area contributed by atoms with E-state index >= 15 is 0 Å². The van der Waals surface area contributed by atoms with Crippen LogP contribution in [-0.4, -0.2) is 37.2 Å². The molecule has 1 saturated heterocycles. The number of nitrogens with two attached hydrogens (primary N) is 1. The summed E-state index contributed by atoms with van der Waals surface area (Å²) in [6, 6.07) is 15.0. The van der Waals surface area contributed by atoms with E-state index in [0.717, 1.165) is 51.4 Å². The third-order valence-corrected chi connectivity index (χ3v) is 5.69. The first kappa shape index (κ1) is 19.0. The van der Waals surface area contributed by atoms with Crippen LogP contribution >= 0.6 is 0 Å². The van der Waals surface area contributed by atoms with Crippen LogP contribution in [-0.2, 0) is 30.7 Å². The van der Waals surface area contributed by atoms with Crippen molar-refractivity contribution < 1.29 is 4.74 Å². The molecule has 5 nitrogen and oxygen atoms in total. The number of benzene rings is 2. The average molecular weight is 379 g/mol. The van der Waals surface area contributed by atoms with Crippen molar-refractivity contribution in [2.75, 3.05) is 31.6 Å². The van der Waals surface area contributed by atoms with Crippen LogP contribution in [0.15, 0.2) is 47.5 Å². The molecule has 0 unspecified atom stereocenters. The van der Waals surface area contributed by atoms with Crippen molar-refractivity contribution in [2.45, 2.75) is 38.8 Å². The highest BCUT2D eigenvalue weighted by Gasteiger charge is 2.14. The highest BCUT2D eigenvalue weighted by molar-refractivity contribution is 5.93. The first-order valence-corrected chi connectivity index (χ1v) is 10.3. The molecule has 28 heavy (non-hydrogen) atoms. The van der Waals surface area contributed by atoms with Gasteiger partial charge in [0.2, 0.25) is 0 Å². The second kappa shape index (κ2) is 9.22. The minimum Gasteiger partial charge on any atom is -0.379 e. The standard InChI is InChI=1S/C23H30N4O/c24-23(26-22-11-5-9-18-6-3-4-10-21(18)22)25-16-19-7-1-2-8-20(19)17-27-12-14-28-15-13-27/h1-2,5,7-9,11H,3-4,6,10,12-17H2,(H3,24,25,26). The first-order chi connectivity index (χ1) is 13.8. The first-order valence-electron chi connectivity index (χ1n) is 10.3. The van der Waals surface area contributed by atoms with Crippen molar-refractivity contribution in [1.29, 1.82) is 0 Å². The van der Waals surface area contributed by atoms with E-state index in [1.54, 1.807) is 0 Å². The molecule has 1 aliphatic carbocycles. The summed E-state index contributed by atoms with van der Waals surface area (Å²) in [6.45, 7) is 5.14. The average Bonchev–Trinajstić information content (AvgIpc) is 2.74. The number of anilines is 1. The van der Waals surface area contributed by atoms with Gasteiger partial charge in [0.25, 0.3) is 0 Å². The maximum atomic E-state index is 6.23. The maximum Gasteiger partial charge on any atom is 0.193 e. The molecule has 0 bridgehead atoms. The Bertz CT molecular complexity index is 827. The maximum absolute atomic E-state index is 6.23. The van der Waals surface area contributed by atoms with Crippen LogP contribution in [0.2, 0.25) is 0 Å². The van der Waals surface area contributed by atoms with E-state index in [0.29, 0.717) is 12.5 Å². The summed E-state index contributed by atoms with van der Waals surface area (Å²) in [5, 5.41) is 3.34. The number of guanidine groups is 1. The fourth-order valence-electron chi connectivity index (χ4n) is 4.11. The lowest BCUT2D eigenvalue weighted by Crippen LogP contribution is -2.35. The summed E-state index contributed by atoms with van der Waals surface area (Å²) in [5.41, 5.74) is 12.7. The molecule has 0 amide bonds. The second-order valence-electron chi connectivity index (χ2n) is 7.63. The Labute approximate surface area is 167 Å². The molecule has 4 rings (SSSR count). The van der Waals surface area contributed by atoms with Gasteiger partial charge in [0.1, 0.15) is 0 Å². The second-order valence-corrected chi connectivity index (χ2v) is 7.63. The summed E-state index contributed by atoms with van der Waals surface area (Å²) < 4.78 is 5.45. The third-order valence-electron chi connectivity index (χ3n) is 5.69. The molecule has 1 heterocycles. The molecule has 2 aromatic rings. The lowest BCUT2D eigenvalue weighted by atomic mass is 9.90. The zero-order valence-electron chi connectivity index (χ0n) is 16.5. The summed E-state index contributed by atoms with van der Waals surface area (Å²) in [5.74, 6) is 0.486. The van der Waals surface area contributed by atoms with Gasteiger partial charge in [0.15, 0.2) is 5.96 Å². The molecular weight excluding hydrogens is 348 g/mol. The van der Waals surface area contributed by atoms with Crippen molar-refractivity contribution in [1.82, 2.24) is 4.90 Å². The van der Waals surface area contributed by atoms with Crippen LogP contribution in [0, 0.1) is 0 Å². The van der Waals surface area contributed by atoms with Gasteiger partial charge in [0.05, 0.1) is 19.8 Å². The molecule has 5 heteroatoms. The van der Waals surface area contributed by atoms with Crippen molar-refractivity contribution >= 4 is 11.6 Å². The van der Waals surface area contributed by atoms with E-state index in [4.69, 9.17) is 10.5 Å². The molecule has 148 valence electrons.